The van der Waals surface area contributed by atoms with E-state index in [1.807, 2.05) is 0 Å². The minimum atomic E-state index is -3.92. The second kappa shape index (κ2) is 4.50. The van der Waals surface area contributed by atoms with Crippen LogP contribution in [0.3, 0.4) is 0 Å². The van der Waals surface area contributed by atoms with Gasteiger partial charge in [0, 0.05) is 18.5 Å². The van der Waals surface area contributed by atoms with Gasteiger partial charge in [0.25, 0.3) is 10.0 Å². The maximum absolute atomic E-state index is 11.9. The van der Waals surface area contributed by atoms with Crippen LogP contribution < -0.4 is 4.83 Å². The van der Waals surface area contributed by atoms with E-state index < -0.39 is 21.8 Å². The Labute approximate surface area is 110 Å². The fourth-order valence-corrected chi connectivity index (χ4v) is 3.16. The lowest BCUT2D eigenvalue weighted by atomic mass is 10.5. The normalized spacial score (nSPS) is 11.4. The number of aromatic carboxylic acids is 1. The Balaban J connectivity index is 2.38. The van der Waals surface area contributed by atoms with Gasteiger partial charge in [-0.3, -0.25) is 4.68 Å². The lowest BCUT2D eigenvalue weighted by Crippen LogP contribution is -2.21. The van der Waals surface area contributed by atoms with Crippen molar-refractivity contribution in [2.24, 2.45) is 0 Å². The lowest BCUT2D eigenvalue weighted by Gasteiger charge is -2.06. The third-order valence-electron chi connectivity index (χ3n) is 1.99. The van der Waals surface area contributed by atoms with Gasteiger partial charge in [0.2, 0.25) is 5.76 Å². The average Bonchev–Trinajstić information content (AvgIpc) is 2.86. The molecule has 0 spiro atoms. The molecule has 0 aliphatic carbocycles. The summed E-state index contributed by atoms with van der Waals surface area (Å²) < 4.78 is 29.7. The highest BCUT2D eigenvalue weighted by atomic mass is 79.9. The number of hydrogen-bond donors (Lipinski definition) is 2. The number of carboxylic acids is 1. The van der Waals surface area contributed by atoms with Crippen LogP contribution in [-0.4, -0.2) is 24.2 Å². The molecule has 0 aromatic carbocycles. The van der Waals surface area contributed by atoms with E-state index in [1.54, 1.807) is 12.1 Å². The van der Waals surface area contributed by atoms with Gasteiger partial charge in [0.1, 0.15) is 4.90 Å². The number of rotatable bonds is 4. The number of halogens is 1. The first-order valence-corrected chi connectivity index (χ1v) is 6.86. The van der Waals surface area contributed by atoms with Crippen molar-refractivity contribution in [3.05, 3.63) is 41.0 Å². The molecule has 0 bridgehead atoms. The smallest absolute Gasteiger partial charge is 0.371 e. The summed E-state index contributed by atoms with van der Waals surface area (Å²) in [5.41, 5.74) is 0. The molecule has 0 unspecified atom stereocenters. The van der Waals surface area contributed by atoms with Crippen molar-refractivity contribution in [2.75, 3.05) is 4.83 Å². The van der Waals surface area contributed by atoms with Crippen LogP contribution in [0.2, 0.25) is 0 Å². The Hall–Kier alpha value is -1.74. The highest BCUT2D eigenvalue weighted by Crippen LogP contribution is 2.26. The van der Waals surface area contributed by atoms with Crippen LogP contribution in [0.1, 0.15) is 10.6 Å². The highest BCUT2D eigenvalue weighted by molar-refractivity contribution is 9.10. The van der Waals surface area contributed by atoms with E-state index in [1.165, 1.54) is 17.1 Å². The zero-order valence-corrected chi connectivity index (χ0v) is 11.1. The minimum Gasteiger partial charge on any atom is -0.475 e. The molecule has 9 heteroatoms. The van der Waals surface area contributed by atoms with Crippen molar-refractivity contribution in [3.63, 3.8) is 0 Å². The number of furan rings is 1. The van der Waals surface area contributed by atoms with Crippen LogP contribution >= 0.6 is 15.9 Å². The number of carboxylic acid groups (broad SMARTS) is 1. The average molecular weight is 335 g/mol. The molecule has 0 aliphatic rings. The number of carbonyl (C=O) groups is 1. The topological polar surface area (TPSA) is 102 Å². The molecule has 0 radical (unpaired) electrons. The Morgan fingerprint density at radius 2 is 2.00 bits per heavy atom. The number of aromatic nitrogens is 1. The summed E-state index contributed by atoms with van der Waals surface area (Å²) in [4.78, 5) is 12.6. The zero-order valence-electron chi connectivity index (χ0n) is 8.70. The summed E-state index contributed by atoms with van der Waals surface area (Å²) in [6.45, 7) is 0. The Bertz CT molecular complexity index is 674. The molecular weight excluding hydrogens is 328 g/mol. The van der Waals surface area contributed by atoms with Crippen molar-refractivity contribution < 1.29 is 22.7 Å². The van der Waals surface area contributed by atoms with E-state index >= 15 is 0 Å². The van der Waals surface area contributed by atoms with Crippen LogP contribution in [0.25, 0.3) is 0 Å². The summed E-state index contributed by atoms with van der Waals surface area (Å²) in [5, 5.41) is 8.71. The van der Waals surface area contributed by atoms with Gasteiger partial charge in [-0.05, 0) is 28.1 Å². The molecule has 0 fully saturated rings. The highest BCUT2D eigenvalue weighted by Gasteiger charge is 2.24. The molecule has 96 valence electrons. The molecule has 2 aromatic rings. The lowest BCUT2D eigenvalue weighted by molar-refractivity contribution is 0.0661. The first kappa shape index (κ1) is 12.7. The predicted octanol–water partition coefficient (Wildman–Crippen LogP) is 1.47. The molecule has 0 atom stereocenters. The molecule has 2 aromatic heterocycles. The Kier molecular flexibility index (Phi) is 3.18. The largest absolute Gasteiger partial charge is 0.475 e. The van der Waals surface area contributed by atoms with Gasteiger partial charge in [-0.2, -0.15) is 8.42 Å². The maximum Gasteiger partial charge on any atom is 0.371 e. The van der Waals surface area contributed by atoms with Gasteiger partial charge >= 0.3 is 5.97 Å². The van der Waals surface area contributed by atoms with Crippen LogP contribution in [0.15, 0.2) is 44.6 Å². The summed E-state index contributed by atoms with van der Waals surface area (Å²) in [6.07, 6.45) is 2.98. The molecule has 2 heterocycles. The fourth-order valence-electron chi connectivity index (χ4n) is 1.22. The zero-order chi connectivity index (χ0) is 13.3. The van der Waals surface area contributed by atoms with E-state index in [4.69, 9.17) is 9.52 Å². The van der Waals surface area contributed by atoms with E-state index in [0.717, 1.165) is 6.07 Å². The maximum atomic E-state index is 11.9. The molecule has 0 saturated carbocycles. The molecule has 7 nitrogen and oxygen atoms in total. The molecule has 0 aliphatic heterocycles. The van der Waals surface area contributed by atoms with Gasteiger partial charge in [-0.25, -0.2) is 9.63 Å². The van der Waals surface area contributed by atoms with Crippen molar-refractivity contribution in [1.82, 2.24) is 4.68 Å². The van der Waals surface area contributed by atoms with E-state index in [-0.39, 0.29) is 9.56 Å². The number of nitrogens with zero attached hydrogens (tertiary/aromatic N) is 1. The molecule has 0 saturated heterocycles. The summed E-state index contributed by atoms with van der Waals surface area (Å²) in [5.74, 6) is -1.81. The fraction of sp³-hybridized carbons (Fsp3) is 0. The quantitative estimate of drug-likeness (QED) is 0.881. The molecule has 18 heavy (non-hydrogen) atoms. The SMILES string of the molecule is O=C(O)c1cc(S(=O)(=O)Nn2cccc2)c(Br)o1. The van der Waals surface area contributed by atoms with Crippen LogP contribution in [0, 0.1) is 0 Å². The van der Waals surface area contributed by atoms with Crippen LogP contribution in [-0.2, 0) is 10.0 Å². The van der Waals surface area contributed by atoms with E-state index in [2.05, 4.69) is 20.8 Å². The number of hydrogen-bond acceptors (Lipinski definition) is 4. The van der Waals surface area contributed by atoms with Crippen molar-refractivity contribution in [2.45, 2.75) is 4.90 Å². The minimum absolute atomic E-state index is 0.167. The standard InChI is InChI=1S/C9H7BrN2O5S/c10-8-7(5-6(17-8)9(13)14)18(15,16)11-12-3-1-2-4-12/h1-5,11H,(H,13,14). The Morgan fingerprint density at radius 3 is 2.50 bits per heavy atom. The van der Waals surface area contributed by atoms with Gasteiger partial charge < -0.3 is 9.52 Å². The number of nitrogens with one attached hydrogen (secondary N) is 1. The number of sulfonamides is 1. The van der Waals surface area contributed by atoms with E-state index in [0.29, 0.717) is 0 Å². The summed E-state index contributed by atoms with van der Waals surface area (Å²) >= 11 is 2.87. The van der Waals surface area contributed by atoms with Crippen molar-refractivity contribution >= 4 is 31.9 Å². The summed E-state index contributed by atoms with van der Waals surface area (Å²) in [7, 11) is -3.92. The summed E-state index contributed by atoms with van der Waals surface area (Å²) in [6, 6.07) is 4.20. The van der Waals surface area contributed by atoms with E-state index in [9.17, 15) is 13.2 Å². The third-order valence-corrected chi connectivity index (χ3v) is 4.17. The molecule has 2 rings (SSSR count). The first-order valence-electron chi connectivity index (χ1n) is 4.58. The first-order chi connectivity index (χ1) is 8.40. The predicted molar refractivity (Wildman–Crippen MR) is 64.3 cm³/mol. The molecular formula is C9H7BrN2O5S. The second-order valence-corrected chi connectivity index (χ2v) is 5.59. The Morgan fingerprint density at radius 1 is 1.39 bits per heavy atom. The second-order valence-electron chi connectivity index (χ2n) is 3.24. The van der Waals surface area contributed by atoms with Crippen LogP contribution in [0.5, 0.6) is 0 Å². The van der Waals surface area contributed by atoms with Gasteiger partial charge in [0.15, 0.2) is 4.67 Å². The van der Waals surface area contributed by atoms with Crippen LogP contribution in [0.4, 0.5) is 0 Å². The van der Waals surface area contributed by atoms with Gasteiger partial charge in [-0.15, -0.1) is 0 Å². The van der Waals surface area contributed by atoms with Gasteiger partial charge in [-0.1, -0.05) is 0 Å². The van der Waals surface area contributed by atoms with Gasteiger partial charge in [0.05, 0.1) is 0 Å². The molecule has 0 amide bonds. The monoisotopic (exact) mass is 334 g/mol. The van der Waals surface area contributed by atoms with Crippen molar-refractivity contribution in [3.8, 4) is 0 Å². The van der Waals surface area contributed by atoms with Crippen molar-refractivity contribution in [1.29, 1.82) is 0 Å². The molecule has 2 N–H and O–H groups in total. The third kappa shape index (κ3) is 2.41.